The number of thiazole rings is 1. The van der Waals surface area contributed by atoms with E-state index in [2.05, 4.69) is 31.5 Å². The minimum atomic E-state index is -1.14. The zero-order chi connectivity index (χ0) is 23.6. The van der Waals surface area contributed by atoms with E-state index in [1.165, 1.54) is 16.2 Å². The average Bonchev–Trinajstić information content (AvgIpc) is 3.23. The lowest BCUT2D eigenvalue weighted by Gasteiger charge is -2.26. The molecule has 0 bridgehead atoms. The predicted octanol–water partition coefficient (Wildman–Crippen LogP) is 3.06. The highest BCUT2D eigenvalue weighted by molar-refractivity contribution is 9.11. The van der Waals surface area contributed by atoms with E-state index in [-0.39, 0.29) is 12.3 Å². The number of nitrogens with one attached hydrogen (secondary N) is 2. The van der Waals surface area contributed by atoms with Gasteiger partial charge in [-0.3, -0.25) is 4.79 Å². The standard InChI is InChI=1S/C22H27BrN4O5S/c1-2-3-13-31-14-16(21(29)32-22(30)27-11-9-24-10-12-27)25-19(28)17-18(23)33-20(26-17)15-7-5-4-6-8-15/h4-8,16,24H,2-3,9-14H2,1H3,(H,25,28). The fourth-order valence-corrected chi connectivity index (χ4v) is 4.58. The monoisotopic (exact) mass is 538 g/mol. The Morgan fingerprint density at radius 3 is 2.67 bits per heavy atom. The number of hydrogen-bond donors (Lipinski definition) is 2. The van der Waals surface area contributed by atoms with Gasteiger partial charge in [-0.2, -0.15) is 0 Å². The highest BCUT2D eigenvalue weighted by Gasteiger charge is 2.29. The molecule has 0 aliphatic carbocycles. The molecule has 1 aromatic carbocycles. The lowest BCUT2D eigenvalue weighted by molar-refractivity contribution is -0.142. The molecule has 3 rings (SSSR count). The molecule has 9 nitrogen and oxygen atoms in total. The van der Waals surface area contributed by atoms with Gasteiger partial charge in [-0.25, -0.2) is 14.6 Å². The van der Waals surface area contributed by atoms with Crippen LogP contribution in [0.1, 0.15) is 30.3 Å². The number of unbranched alkanes of at least 4 members (excludes halogenated alkanes) is 1. The maximum absolute atomic E-state index is 12.9. The first-order chi connectivity index (χ1) is 16.0. The molecule has 0 saturated carbocycles. The summed E-state index contributed by atoms with van der Waals surface area (Å²) < 4.78 is 11.1. The summed E-state index contributed by atoms with van der Waals surface area (Å²) in [6.45, 7) is 4.50. The van der Waals surface area contributed by atoms with Gasteiger partial charge in [0.25, 0.3) is 5.91 Å². The fourth-order valence-electron chi connectivity index (χ4n) is 3.06. The first-order valence-electron chi connectivity index (χ1n) is 10.8. The third kappa shape index (κ3) is 7.32. The number of rotatable bonds is 9. The highest BCUT2D eigenvalue weighted by Crippen LogP contribution is 2.31. The smallest absolute Gasteiger partial charge is 0.379 e. The fraction of sp³-hybridized carbons (Fsp3) is 0.455. The number of benzene rings is 1. The average molecular weight is 539 g/mol. The molecule has 178 valence electrons. The molecule has 2 aromatic rings. The Bertz CT molecular complexity index is 950. The summed E-state index contributed by atoms with van der Waals surface area (Å²) in [6, 6.07) is 8.33. The molecule has 1 unspecified atom stereocenters. The summed E-state index contributed by atoms with van der Waals surface area (Å²) in [5.74, 6) is -1.42. The zero-order valence-corrected chi connectivity index (χ0v) is 20.7. The van der Waals surface area contributed by atoms with Crippen LogP contribution in [-0.4, -0.2) is 73.3 Å². The van der Waals surface area contributed by atoms with Crippen molar-refractivity contribution >= 4 is 45.2 Å². The number of esters is 1. The summed E-state index contributed by atoms with van der Waals surface area (Å²) in [5, 5.41) is 6.41. The molecule has 0 radical (unpaired) electrons. The summed E-state index contributed by atoms with van der Waals surface area (Å²) in [7, 11) is 0. The Hall–Kier alpha value is -2.34. The van der Waals surface area contributed by atoms with E-state index < -0.39 is 24.0 Å². The van der Waals surface area contributed by atoms with Crippen molar-refractivity contribution in [2.24, 2.45) is 0 Å². The van der Waals surface area contributed by atoms with Gasteiger partial charge in [0.1, 0.15) is 8.79 Å². The Morgan fingerprint density at radius 2 is 1.97 bits per heavy atom. The molecule has 1 fully saturated rings. The normalized spacial score (nSPS) is 14.5. The zero-order valence-electron chi connectivity index (χ0n) is 18.3. The molecule has 2 N–H and O–H groups in total. The third-order valence-electron chi connectivity index (χ3n) is 4.90. The number of ether oxygens (including phenoxy) is 2. The SMILES string of the molecule is CCCCOCC(NC(=O)c1nc(-c2ccccc2)sc1Br)C(=O)OC(=O)N1CCNCC1. The van der Waals surface area contributed by atoms with E-state index in [9.17, 15) is 14.4 Å². The topological polar surface area (TPSA) is 110 Å². The van der Waals surface area contributed by atoms with E-state index in [4.69, 9.17) is 9.47 Å². The van der Waals surface area contributed by atoms with Crippen molar-refractivity contribution in [2.75, 3.05) is 39.4 Å². The maximum atomic E-state index is 12.9. The number of hydrogen-bond acceptors (Lipinski definition) is 8. The van der Waals surface area contributed by atoms with Crippen LogP contribution in [0.3, 0.4) is 0 Å². The van der Waals surface area contributed by atoms with Crippen LogP contribution < -0.4 is 10.6 Å². The first kappa shape index (κ1) is 25.3. The number of aromatic nitrogens is 1. The van der Waals surface area contributed by atoms with Gasteiger partial charge in [0.15, 0.2) is 11.7 Å². The molecule has 2 heterocycles. The van der Waals surface area contributed by atoms with Crippen LogP contribution in [0.2, 0.25) is 0 Å². The Labute approximate surface area is 205 Å². The molecular weight excluding hydrogens is 512 g/mol. The van der Waals surface area contributed by atoms with Crippen LogP contribution in [0.15, 0.2) is 34.1 Å². The minimum Gasteiger partial charge on any atom is -0.379 e. The maximum Gasteiger partial charge on any atom is 0.417 e. The lowest BCUT2D eigenvalue weighted by atomic mass is 10.2. The van der Waals surface area contributed by atoms with Crippen molar-refractivity contribution in [1.82, 2.24) is 20.5 Å². The second-order valence-electron chi connectivity index (χ2n) is 7.39. The summed E-state index contributed by atoms with van der Waals surface area (Å²) in [4.78, 5) is 43.9. The molecule has 33 heavy (non-hydrogen) atoms. The lowest BCUT2D eigenvalue weighted by Crippen LogP contribution is -2.50. The Morgan fingerprint density at radius 1 is 1.24 bits per heavy atom. The second kappa shape index (κ2) is 12.8. The first-order valence-corrected chi connectivity index (χ1v) is 12.4. The molecular formula is C22H27BrN4O5S. The van der Waals surface area contributed by atoms with Gasteiger partial charge in [-0.15, -0.1) is 11.3 Å². The van der Waals surface area contributed by atoms with Gasteiger partial charge in [0, 0.05) is 38.3 Å². The van der Waals surface area contributed by atoms with Gasteiger partial charge >= 0.3 is 12.1 Å². The highest BCUT2D eigenvalue weighted by atomic mass is 79.9. The van der Waals surface area contributed by atoms with Crippen LogP contribution in [0.5, 0.6) is 0 Å². The third-order valence-corrected chi connectivity index (χ3v) is 6.66. The minimum absolute atomic E-state index is 0.104. The van der Waals surface area contributed by atoms with E-state index in [0.29, 0.717) is 41.6 Å². The van der Waals surface area contributed by atoms with Gasteiger partial charge in [-0.1, -0.05) is 43.7 Å². The Balaban J connectivity index is 1.68. The molecule has 11 heteroatoms. The molecule has 1 atom stereocenters. The van der Waals surface area contributed by atoms with Gasteiger partial charge < -0.3 is 25.0 Å². The number of amides is 2. The van der Waals surface area contributed by atoms with Crippen LogP contribution in [0.4, 0.5) is 4.79 Å². The van der Waals surface area contributed by atoms with Crippen molar-refractivity contribution < 1.29 is 23.9 Å². The quantitative estimate of drug-likeness (QED) is 0.286. The molecule has 1 aliphatic rings. The summed E-state index contributed by atoms with van der Waals surface area (Å²) in [6.07, 6.45) is 1.01. The van der Waals surface area contributed by atoms with E-state index in [1.807, 2.05) is 37.3 Å². The molecule has 1 saturated heterocycles. The van der Waals surface area contributed by atoms with Crippen molar-refractivity contribution in [3.8, 4) is 10.6 Å². The van der Waals surface area contributed by atoms with Crippen molar-refractivity contribution in [1.29, 1.82) is 0 Å². The molecule has 0 spiro atoms. The van der Waals surface area contributed by atoms with Crippen LogP contribution in [0.25, 0.3) is 10.6 Å². The summed E-state index contributed by atoms with van der Waals surface area (Å²) in [5.41, 5.74) is 1.03. The number of carbonyl (C=O) groups excluding carboxylic acids is 3. The van der Waals surface area contributed by atoms with Crippen molar-refractivity contribution in [2.45, 2.75) is 25.8 Å². The van der Waals surface area contributed by atoms with Crippen LogP contribution >= 0.6 is 27.3 Å². The molecule has 1 aliphatic heterocycles. The van der Waals surface area contributed by atoms with Gasteiger partial charge in [0.05, 0.1) is 6.61 Å². The van der Waals surface area contributed by atoms with Crippen molar-refractivity contribution in [3.63, 3.8) is 0 Å². The number of carbonyl (C=O) groups is 3. The summed E-state index contributed by atoms with van der Waals surface area (Å²) >= 11 is 4.70. The van der Waals surface area contributed by atoms with Gasteiger partial charge in [-0.05, 0) is 22.4 Å². The second-order valence-corrected chi connectivity index (χ2v) is 9.70. The van der Waals surface area contributed by atoms with Crippen LogP contribution in [-0.2, 0) is 14.3 Å². The predicted molar refractivity (Wildman–Crippen MR) is 128 cm³/mol. The van der Waals surface area contributed by atoms with Gasteiger partial charge in [0.2, 0.25) is 0 Å². The van der Waals surface area contributed by atoms with E-state index in [0.717, 1.165) is 18.4 Å². The molecule has 2 amide bonds. The van der Waals surface area contributed by atoms with Crippen molar-refractivity contribution in [3.05, 3.63) is 39.8 Å². The number of piperazine rings is 1. The molecule has 1 aromatic heterocycles. The largest absolute Gasteiger partial charge is 0.417 e. The van der Waals surface area contributed by atoms with E-state index in [1.54, 1.807) is 0 Å². The number of nitrogens with zero attached hydrogens (tertiary/aromatic N) is 2. The van der Waals surface area contributed by atoms with Crippen LogP contribution in [0, 0.1) is 0 Å². The Kier molecular flexibility index (Phi) is 9.79. The number of halogens is 1. The van der Waals surface area contributed by atoms with E-state index >= 15 is 0 Å².